The fraction of sp³-hybridized carbons (Fsp3) is 0.0612. The molecular weight excluding hydrogens is 589 g/mol. The van der Waals surface area contributed by atoms with Crippen LogP contribution in [0.25, 0.3) is 87.6 Å². The van der Waals surface area contributed by atoms with Crippen LogP contribution in [-0.2, 0) is 5.41 Å². The SMILES string of the molecule is CC1(C)c2cccc(-c3c4ccccc4c(-c4cccc(-c5ccc6ccccc6c5)c4)c4ccccc34)c2-c2c1ccc1ccccc21. The third kappa shape index (κ3) is 4.11. The number of rotatable bonds is 3. The molecule has 0 aliphatic heterocycles. The second kappa shape index (κ2) is 10.5. The number of hydrogen-bond donors (Lipinski definition) is 0. The van der Waals surface area contributed by atoms with Gasteiger partial charge in [-0.05, 0) is 111 Å². The van der Waals surface area contributed by atoms with Gasteiger partial charge in [0.05, 0.1) is 0 Å². The average molecular weight is 623 g/mol. The Hall–Kier alpha value is -5.98. The normalized spacial score (nSPS) is 13.3. The second-order valence-corrected chi connectivity index (χ2v) is 14.0. The van der Waals surface area contributed by atoms with Gasteiger partial charge in [-0.3, -0.25) is 0 Å². The van der Waals surface area contributed by atoms with Crippen LogP contribution in [0.3, 0.4) is 0 Å². The van der Waals surface area contributed by atoms with Crippen molar-refractivity contribution in [1.82, 2.24) is 0 Å². The molecule has 9 aromatic carbocycles. The van der Waals surface area contributed by atoms with Gasteiger partial charge in [-0.25, -0.2) is 0 Å². The quantitative estimate of drug-likeness (QED) is 0.172. The molecule has 0 aromatic heterocycles. The van der Waals surface area contributed by atoms with Crippen LogP contribution in [0.5, 0.6) is 0 Å². The van der Waals surface area contributed by atoms with Crippen LogP contribution >= 0.6 is 0 Å². The summed E-state index contributed by atoms with van der Waals surface area (Å²) in [6.07, 6.45) is 0. The van der Waals surface area contributed by atoms with Crippen LogP contribution in [0, 0.1) is 0 Å². The molecule has 0 heterocycles. The summed E-state index contributed by atoms with van der Waals surface area (Å²) in [5, 5.41) is 10.3. The van der Waals surface area contributed by atoms with Crippen molar-refractivity contribution in [1.29, 1.82) is 0 Å². The Balaban J connectivity index is 1.27. The zero-order valence-electron chi connectivity index (χ0n) is 27.7. The fourth-order valence-corrected chi connectivity index (χ4v) is 8.71. The third-order valence-corrected chi connectivity index (χ3v) is 11.0. The van der Waals surface area contributed by atoms with Gasteiger partial charge < -0.3 is 0 Å². The molecular formula is C49H34. The van der Waals surface area contributed by atoms with Crippen molar-refractivity contribution in [2.75, 3.05) is 0 Å². The summed E-state index contributed by atoms with van der Waals surface area (Å²) in [6, 6.07) is 63.1. The molecule has 0 fully saturated rings. The Labute approximate surface area is 286 Å². The summed E-state index contributed by atoms with van der Waals surface area (Å²) in [5.41, 5.74) is 13.1. The van der Waals surface area contributed by atoms with Crippen LogP contribution in [-0.4, -0.2) is 0 Å². The highest BCUT2D eigenvalue weighted by Gasteiger charge is 2.38. The van der Waals surface area contributed by atoms with Gasteiger partial charge >= 0.3 is 0 Å². The van der Waals surface area contributed by atoms with Crippen molar-refractivity contribution in [2.45, 2.75) is 19.3 Å². The summed E-state index contributed by atoms with van der Waals surface area (Å²) in [4.78, 5) is 0. The fourth-order valence-electron chi connectivity index (χ4n) is 8.71. The number of fused-ring (bicyclic) bond motifs is 8. The molecule has 0 bridgehead atoms. The lowest BCUT2D eigenvalue weighted by Crippen LogP contribution is -2.14. The zero-order chi connectivity index (χ0) is 32.7. The van der Waals surface area contributed by atoms with Gasteiger partial charge in [-0.2, -0.15) is 0 Å². The average Bonchev–Trinajstić information content (AvgIpc) is 3.40. The summed E-state index contributed by atoms with van der Waals surface area (Å²) in [5.74, 6) is 0. The van der Waals surface area contributed by atoms with E-state index in [-0.39, 0.29) is 5.41 Å². The van der Waals surface area contributed by atoms with Crippen molar-refractivity contribution < 1.29 is 0 Å². The Kier molecular flexibility index (Phi) is 6.02. The maximum Gasteiger partial charge on any atom is 0.0159 e. The van der Waals surface area contributed by atoms with Crippen LogP contribution in [0.2, 0.25) is 0 Å². The third-order valence-electron chi connectivity index (χ3n) is 11.0. The first-order valence-corrected chi connectivity index (χ1v) is 17.3. The van der Waals surface area contributed by atoms with Gasteiger partial charge in [0, 0.05) is 5.41 Å². The van der Waals surface area contributed by atoms with E-state index < -0.39 is 0 Å². The lowest BCUT2D eigenvalue weighted by atomic mass is 9.80. The largest absolute Gasteiger partial charge is 0.0616 e. The molecule has 0 unspecified atom stereocenters. The lowest BCUT2D eigenvalue weighted by molar-refractivity contribution is 0.661. The molecule has 1 aliphatic rings. The maximum absolute atomic E-state index is 2.39. The lowest BCUT2D eigenvalue weighted by Gasteiger charge is -2.22. The Morgan fingerprint density at radius 2 is 0.837 bits per heavy atom. The molecule has 0 saturated heterocycles. The van der Waals surface area contributed by atoms with Crippen molar-refractivity contribution >= 4 is 43.1 Å². The van der Waals surface area contributed by atoms with Gasteiger partial charge in [-0.15, -0.1) is 0 Å². The Morgan fingerprint density at radius 1 is 0.306 bits per heavy atom. The van der Waals surface area contributed by atoms with Gasteiger partial charge in [0.25, 0.3) is 0 Å². The van der Waals surface area contributed by atoms with E-state index in [0.29, 0.717) is 0 Å². The van der Waals surface area contributed by atoms with E-state index in [0.717, 1.165) is 0 Å². The molecule has 0 spiro atoms. The molecule has 0 atom stereocenters. The van der Waals surface area contributed by atoms with Gasteiger partial charge in [0.1, 0.15) is 0 Å². The minimum absolute atomic E-state index is 0.0978. The van der Waals surface area contributed by atoms with E-state index >= 15 is 0 Å². The highest BCUT2D eigenvalue weighted by atomic mass is 14.4. The van der Waals surface area contributed by atoms with Crippen LogP contribution in [0.4, 0.5) is 0 Å². The van der Waals surface area contributed by atoms with E-state index in [1.54, 1.807) is 0 Å². The first-order valence-electron chi connectivity index (χ1n) is 17.3. The van der Waals surface area contributed by atoms with Gasteiger partial charge in [-0.1, -0.05) is 172 Å². The number of benzene rings is 9. The highest BCUT2D eigenvalue weighted by Crippen LogP contribution is 2.56. The van der Waals surface area contributed by atoms with Gasteiger partial charge in [0.2, 0.25) is 0 Å². The monoisotopic (exact) mass is 622 g/mol. The topological polar surface area (TPSA) is 0 Å². The summed E-state index contributed by atoms with van der Waals surface area (Å²) >= 11 is 0. The van der Waals surface area contributed by atoms with Crippen molar-refractivity contribution in [3.05, 3.63) is 181 Å². The Bertz CT molecular complexity index is 2740. The Morgan fingerprint density at radius 3 is 1.57 bits per heavy atom. The van der Waals surface area contributed by atoms with E-state index in [4.69, 9.17) is 0 Å². The summed E-state index contributed by atoms with van der Waals surface area (Å²) < 4.78 is 0. The molecule has 9 aromatic rings. The molecule has 0 heteroatoms. The van der Waals surface area contributed by atoms with Crippen LogP contribution in [0.1, 0.15) is 25.0 Å². The number of hydrogen-bond acceptors (Lipinski definition) is 0. The molecule has 0 N–H and O–H groups in total. The van der Waals surface area contributed by atoms with E-state index in [1.165, 1.54) is 98.7 Å². The van der Waals surface area contributed by atoms with E-state index in [9.17, 15) is 0 Å². The molecule has 10 rings (SSSR count). The van der Waals surface area contributed by atoms with Crippen LogP contribution < -0.4 is 0 Å². The molecule has 0 radical (unpaired) electrons. The predicted molar refractivity (Wildman–Crippen MR) is 210 cm³/mol. The molecule has 1 aliphatic carbocycles. The highest BCUT2D eigenvalue weighted by molar-refractivity contribution is 6.23. The minimum Gasteiger partial charge on any atom is -0.0616 e. The van der Waals surface area contributed by atoms with Crippen molar-refractivity contribution in [3.63, 3.8) is 0 Å². The molecule has 0 amide bonds. The minimum atomic E-state index is -0.0978. The predicted octanol–water partition coefficient (Wildman–Crippen LogP) is 13.6. The zero-order valence-corrected chi connectivity index (χ0v) is 27.7. The van der Waals surface area contributed by atoms with Gasteiger partial charge in [0.15, 0.2) is 0 Å². The first-order chi connectivity index (χ1) is 24.1. The van der Waals surface area contributed by atoms with E-state index in [2.05, 4.69) is 184 Å². The molecule has 230 valence electrons. The second-order valence-electron chi connectivity index (χ2n) is 14.0. The molecule has 0 nitrogen and oxygen atoms in total. The summed E-state index contributed by atoms with van der Waals surface area (Å²) in [7, 11) is 0. The first kappa shape index (κ1) is 28.1. The summed E-state index contributed by atoms with van der Waals surface area (Å²) in [6.45, 7) is 4.77. The standard InChI is InChI=1S/C49H34/c1-49(2)43-24-12-23-42(48(43)47-37-18-6-5-14-32(37)27-28-44(47)49)46-40-21-9-7-19-38(40)45(39-20-8-10-22-41(39)46)36-17-11-16-34(30-36)35-26-25-31-13-3-4-15-33(31)29-35/h3-30H,1-2H3. The smallest absolute Gasteiger partial charge is 0.0159 e. The van der Waals surface area contributed by atoms with Crippen molar-refractivity contribution in [2.24, 2.45) is 0 Å². The van der Waals surface area contributed by atoms with Crippen LogP contribution in [0.15, 0.2) is 170 Å². The molecule has 49 heavy (non-hydrogen) atoms. The maximum atomic E-state index is 2.39. The van der Waals surface area contributed by atoms with Crippen molar-refractivity contribution in [3.8, 4) is 44.5 Å². The van der Waals surface area contributed by atoms with E-state index in [1.807, 2.05) is 0 Å². The molecule has 0 saturated carbocycles.